The van der Waals surface area contributed by atoms with E-state index in [1.54, 1.807) is 0 Å². The first kappa shape index (κ1) is 25.3. The molecule has 0 aromatic heterocycles. The van der Waals surface area contributed by atoms with Crippen LogP contribution in [0.3, 0.4) is 0 Å². The molecule has 2 aromatic carbocycles. The van der Waals surface area contributed by atoms with Crippen LogP contribution in [0, 0.1) is 21.0 Å². The molecule has 5 N–H and O–H groups in total. The molecule has 0 aliphatic heterocycles. The second-order valence-corrected chi connectivity index (χ2v) is 7.44. The number of aliphatic hydroxyl groups is 3. The van der Waals surface area contributed by atoms with E-state index >= 15 is 0 Å². The second kappa shape index (κ2) is 12.2. The number of hydrogen-bond acceptors (Lipinski definition) is 7. The van der Waals surface area contributed by atoms with Crippen LogP contribution >= 0.6 is 22.6 Å². The van der Waals surface area contributed by atoms with Gasteiger partial charge in [-0.25, -0.2) is 18.7 Å². The average molecular weight is 556 g/mol. The summed E-state index contributed by atoms with van der Waals surface area (Å²) in [5.74, 6) is -4.55. The third-order valence-corrected chi connectivity index (χ3v) is 4.53. The predicted octanol–water partition coefficient (Wildman–Crippen LogP) is 1.98. The van der Waals surface area contributed by atoms with E-state index in [2.05, 4.69) is 5.32 Å². The van der Waals surface area contributed by atoms with E-state index in [0.717, 1.165) is 12.1 Å². The molecule has 2 aromatic rings. The molecule has 0 saturated carbocycles. The number of nitrogens with one attached hydrogen (secondary N) is 2. The predicted molar refractivity (Wildman–Crippen MR) is 112 cm³/mol. The Morgan fingerprint density at radius 3 is 2.55 bits per heavy atom. The molecule has 1 atom stereocenters. The van der Waals surface area contributed by atoms with Crippen molar-refractivity contribution in [1.29, 1.82) is 0 Å². The summed E-state index contributed by atoms with van der Waals surface area (Å²) in [6.45, 7) is -2.11. The standard InChI is InChI=1S/C19H20F3IN2O6/c20-14-6-11(23)1-2-15(14)24-18-13(19(29)25-31-4-3-26)5-10(16(21)17(18)22)8-30-9-12(28)7-27/h1-2,5-6,12,24,26-28H,3-4,7-9H2,(H,25,29). The van der Waals surface area contributed by atoms with Crippen molar-refractivity contribution in [2.75, 3.05) is 31.7 Å². The quantitative estimate of drug-likeness (QED) is 0.163. The molecular formula is C19H20F3IN2O6. The molecule has 0 spiro atoms. The molecule has 0 radical (unpaired) electrons. The normalized spacial score (nSPS) is 12.0. The van der Waals surface area contributed by atoms with Gasteiger partial charge in [0.25, 0.3) is 5.91 Å². The highest BCUT2D eigenvalue weighted by Gasteiger charge is 2.24. The van der Waals surface area contributed by atoms with Gasteiger partial charge in [-0.3, -0.25) is 9.63 Å². The average Bonchev–Trinajstić information content (AvgIpc) is 2.74. The van der Waals surface area contributed by atoms with Crippen LogP contribution in [-0.4, -0.2) is 53.8 Å². The zero-order valence-corrected chi connectivity index (χ0v) is 18.2. The minimum Gasteiger partial charge on any atom is -0.394 e. The maximum absolute atomic E-state index is 14.9. The first-order chi connectivity index (χ1) is 14.8. The van der Waals surface area contributed by atoms with Crippen LogP contribution in [-0.2, 0) is 16.2 Å². The zero-order chi connectivity index (χ0) is 23.0. The summed E-state index contributed by atoms with van der Waals surface area (Å²) in [5, 5.41) is 29.2. The molecule has 0 aliphatic carbocycles. The number of halogens is 4. The Kier molecular flexibility index (Phi) is 9.93. The molecule has 0 heterocycles. The Balaban J connectivity index is 2.41. The van der Waals surface area contributed by atoms with E-state index in [9.17, 15) is 23.1 Å². The van der Waals surface area contributed by atoms with Crippen LogP contribution in [0.1, 0.15) is 15.9 Å². The molecule has 0 fully saturated rings. The summed E-state index contributed by atoms with van der Waals surface area (Å²) in [4.78, 5) is 17.2. The maximum atomic E-state index is 14.9. The molecule has 1 amide bonds. The van der Waals surface area contributed by atoms with Gasteiger partial charge in [-0.1, -0.05) is 0 Å². The maximum Gasteiger partial charge on any atom is 0.277 e. The topological polar surface area (TPSA) is 120 Å². The molecule has 31 heavy (non-hydrogen) atoms. The van der Waals surface area contributed by atoms with E-state index < -0.39 is 60.5 Å². The number of benzene rings is 2. The van der Waals surface area contributed by atoms with Crippen LogP contribution in [0.4, 0.5) is 24.5 Å². The summed E-state index contributed by atoms with van der Waals surface area (Å²) in [5.41, 5.74) is 0.360. The number of ether oxygens (including phenoxy) is 1. The summed E-state index contributed by atoms with van der Waals surface area (Å²) in [6, 6.07) is 4.97. The number of rotatable bonds is 11. The fourth-order valence-electron chi connectivity index (χ4n) is 2.39. The van der Waals surface area contributed by atoms with Crippen molar-refractivity contribution in [3.05, 3.63) is 56.4 Å². The Morgan fingerprint density at radius 2 is 1.90 bits per heavy atom. The third kappa shape index (κ3) is 7.02. The lowest BCUT2D eigenvalue weighted by molar-refractivity contribution is -0.000815. The molecule has 170 valence electrons. The number of carbonyl (C=O) groups is 1. The first-order valence-corrected chi connectivity index (χ1v) is 9.99. The lowest BCUT2D eigenvalue weighted by Gasteiger charge is -2.17. The Morgan fingerprint density at radius 1 is 1.16 bits per heavy atom. The largest absolute Gasteiger partial charge is 0.394 e. The van der Waals surface area contributed by atoms with Crippen molar-refractivity contribution in [2.45, 2.75) is 12.7 Å². The highest BCUT2D eigenvalue weighted by Crippen LogP contribution is 2.31. The highest BCUT2D eigenvalue weighted by atomic mass is 127. The third-order valence-electron chi connectivity index (χ3n) is 3.85. The van der Waals surface area contributed by atoms with Crippen molar-refractivity contribution in [1.82, 2.24) is 5.48 Å². The summed E-state index contributed by atoms with van der Waals surface area (Å²) < 4.78 is 49.3. The van der Waals surface area contributed by atoms with Gasteiger partial charge >= 0.3 is 0 Å². The zero-order valence-electron chi connectivity index (χ0n) is 16.0. The minimum atomic E-state index is -1.46. The van der Waals surface area contributed by atoms with Gasteiger partial charge in [0.05, 0.1) is 50.0 Å². The lowest BCUT2D eigenvalue weighted by atomic mass is 10.1. The van der Waals surface area contributed by atoms with Gasteiger partial charge in [0.1, 0.15) is 11.9 Å². The number of aliphatic hydroxyl groups excluding tert-OH is 3. The van der Waals surface area contributed by atoms with Crippen molar-refractivity contribution >= 4 is 39.9 Å². The van der Waals surface area contributed by atoms with E-state index in [1.165, 1.54) is 12.1 Å². The molecule has 0 aliphatic rings. The van der Waals surface area contributed by atoms with Crippen LogP contribution in [0.2, 0.25) is 0 Å². The van der Waals surface area contributed by atoms with E-state index in [4.69, 9.17) is 19.8 Å². The summed E-state index contributed by atoms with van der Waals surface area (Å²) in [6.07, 6.45) is -1.22. The minimum absolute atomic E-state index is 0.195. The molecule has 0 bridgehead atoms. The van der Waals surface area contributed by atoms with Crippen molar-refractivity contribution in [3.8, 4) is 0 Å². The van der Waals surface area contributed by atoms with Gasteiger partial charge in [-0.15, -0.1) is 0 Å². The van der Waals surface area contributed by atoms with Crippen LogP contribution in [0.25, 0.3) is 0 Å². The van der Waals surface area contributed by atoms with Gasteiger partial charge in [-0.2, -0.15) is 0 Å². The van der Waals surface area contributed by atoms with Gasteiger partial charge < -0.3 is 25.4 Å². The summed E-state index contributed by atoms with van der Waals surface area (Å²) >= 11 is 1.88. The van der Waals surface area contributed by atoms with Crippen molar-refractivity contribution in [2.24, 2.45) is 0 Å². The lowest BCUT2D eigenvalue weighted by Crippen LogP contribution is -2.27. The number of carbonyl (C=O) groups excluding carboxylic acids is 1. The molecule has 2 rings (SSSR count). The first-order valence-electron chi connectivity index (χ1n) is 8.91. The van der Waals surface area contributed by atoms with E-state index in [1.807, 2.05) is 28.1 Å². The molecule has 8 nitrogen and oxygen atoms in total. The molecular weight excluding hydrogens is 536 g/mol. The van der Waals surface area contributed by atoms with Gasteiger partial charge in [0.2, 0.25) is 0 Å². The SMILES string of the molecule is O=C(NOCCO)c1cc(COCC(O)CO)c(F)c(F)c1Nc1ccc(I)cc1F. The van der Waals surface area contributed by atoms with E-state index in [0.29, 0.717) is 3.57 Å². The van der Waals surface area contributed by atoms with Gasteiger partial charge in [0, 0.05) is 9.13 Å². The van der Waals surface area contributed by atoms with Gasteiger partial charge in [0.15, 0.2) is 11.6 Å². The fourth-order valence-corrected chi connectivity index (χ4v) is 2.84. The Labute approximate surface area is 189 Å². The number of anilines is 2. The van der Waals surface area contributed by atoms with Crippen LogP contribution < -0.4 is 10.8 Å². The Bertz CT molecular complexity index is 919. The number of amides is 1. The monoisotopic (exact) mass is 556 g/mol. The highest BCUT2D eigenvalue weighted by molar-refractivity contribution is 14.1. The second-order valence-electron chi connectivity index (χ2n) is 6.19. The Hall–Kier alpha value is -1.97. The van der Waals surface area contributed by atoms with Crippen molar-refractivity contribution < 1.29 is 42.9 Å². The van der Waals surface area contributed by atoms with Crippen LogP contribution in [0.5, 0.6) is 0 Å². The molecule has 12 heteroatoms. The molecule has 1 unspecified atom stereocenters. The fraction of sp³-hybridized carbons (Fsp3) is 0.316. The van der Waals surface area contributed by atoms with Crippen LogP contribution in [0.15, 0.2) is 24.3 Å². The molecule has 0 saturated heterocycles. The number of hydrogen-bond donors (Lipinski definition) is 5. The summed E-state index contributed by atoms with van der Waals surface area (Å²) in [7, 11) is 0. The van der Waals surface area contributed by atoms with Gasteiger partial charge in [-0.05, 0) is 46.9 Å². The number of hydroxylamine groups is 1. The van der Waals surface area contributed by atoms with Crippen molar-refractivity contribution in [3.63, 3.8) is 0 Å². The van der Waals surface area contributed by atoms with E-state index in [-0.39, 0.29) is 24.5 Å². The smallest absolute Gasteiger partial charge is 0.277 e.